The van der Waals surface area contributed by atoms with Crippen molar-refractivity contribution in [2.45, 2.75) is 45.8 Å². The van der Waals surface area contributed by atoms with Crippen LogP contribution in [0.1, 0.15) is 33.6 Å². The van der Waals surface area contributed by atoms with Crippen molar-refractivity contribution in [3.8, 4) is 12.3 Å². The molecule has 76 valence electrons. The number of terminal acetylenes is 1. The van der Waals surface area contributed by atoms with E-state index >= 15 is 0 Å². The molecule has 2 heteroatoms. The molecule has 0 saturated carbocycles. The van der Waals surface area contributed by atoms with Gasteiger partial charge in [0.1, 0.15) is 0 Å². The minimum Gasteiger partial charge on any atom is -0.377 e. The van der Waals surface area contributed by atoms with Crippen LogP contribution >= 0.6 is 0 Å². The van der Waals surface area contributed by atoms with Crippen LogP contribution in [0.25, 0.3) is 0 Å². The van der Waals surface area contributed by atoms with E-state index in [2.05, 4.69) is 18.2 Å². The lowest BCUT2D eigenvalue weighted by atomic mass is 10.2. The second-order valence-electron chi connectivity index (χ2n) is 3.38. The summed E-state index contributed by atoms with van der Waals surface area (Å²) >= 11 is 0. The summed E-state index contributed by atoms with van der Waals surface area (Å²) in [5.74, 6) is 2.72. The minimum absolute atomic E-state index is 0.209. The molecule has 0 bridgehead atoms. The number of rotatable bonds is 7. The smallest absolute Gasteiger partial charge is 0.0687 e. The molecule has 0 aliphatic heterocycles. The molecule has 1 N–H and O–H groups in total. The van der Waals surface area contributed by atoms with Crippen molar-refractivity contribution in [1.82, 2.24) is 5.32 Å². The van der Waals surface area contributed by atoms with Crippen molar-refractivity contribution in [3.05, 3.63) is 0 Å². The van der Waals surface area contributed by atoms with Gasteiger partial charge in [0.2, 0.25) is 0 Å². The van der Waals surface area contributed by atoms with Crippen LogP contribution in [0.2, 0.25) is 0 Å². The lowest BCUT2D eigenvalue weighted by Crippen LogP contribution is -2.31. The van der Waals surface area contributed by atoms with Crippen LogP contribution in [0.4, 0.5) is 0 Å². The zero-order valence-corrected chi connectivity index (χ0v) is 8.97. The van der Waals surface area contributed by atoms with E-state index in [0.717, 1.165) is 26.0 Å². The quantitative estimate of drug-likeness (QED) is 0.480. The first-order valence-electron chi connectivity index (χ1n) is 5.01. The highest BCUT2D eigenvalue weighted by molar-refractivity contribution is 4.98. The Morgan fingerprint density at radius 3 is 2.62 bits per heavy atom. The van der Waals surface area contributed by atoms with Crippen molar-refractivity contribution in [2.75, 3.05) is 13.2 Å². The SMILES string of the molecule is C#CC(CCC)NCCOC(C)C. The molecular formula is C11H21NO. The molecule has 0 amide bonds. The second kappa shape index (κ2) is 8.10. The number of hydrogen-bond acceptors (Lipinski definition) is 2. The van der Waals surface area contributed by atoms with E-state index in [0.29, 0.717) is 6.10 Å². The Bertz CT molecular complexity index is 149. The molecule has 0 rings (SSSR count). The third-order valence-corrected chi connectivity index (χ3v) is 1.72. The average molecular weight is 183 g/mol. The van der Waals surface area contributed by atoms with Gasteiger partial charge in [0.25, 0.3) is 0 Å². The molecule has 0 saturated heterocycles. The summed E-state index contributed by atoms with van der Waals surface area (Å²) in [5.41, 5.74) is 0. The predicted molar refractivity (Wildman–Crippen MR) is 56.6 cm³/mol. The van der Waals surface area contributed by atoms with Crippen LogP contribution in [0, 0.1) is 12.3 Å². The van der Waals surface area contributed by atoms with E-state index in [1.54, 1.807) is 0 Å². The first kappa shape index (κ1) is 12.5. The zero-order chi connectivity index (χ0) is 10.1. The van der Waals surface area contributed by atoms with Gasteiger partial charge in [-0.25, -0.2) is 0 Å². The lowest BCUT2D eigenvalue weighted by molar-refractivity contribution is 0.0800. The van der Waals surface area contributed by atoms with Gasteiger partial charge in [0.15, 0.2) is 0 Å². The Hall–Kier alpha value is -0.520. The Morgan fingerprint density at radius 1 is 1.46 bits per heavy atom. The van der Waals surface area contributed by atoms with Gasteiger partial charge in [-0.2, -0.15) is 0 Å². The highest BCUT2D eigenvalue weighted by Crippen LogP contribution is 1.94. The Balaban J connectivity index is 3.34. The largest absolute Gasteiger partial charge is 0.377 e. The summed E-state index contributed by atoms with van der Waals surface area (Å²) in [5, 5.41) is 3.26. The fourth-order valence-electron chi connectivity index (χ4n) is 1.06. The van der Waals surface area contributed by atoms with Gasteiger partial charge in [-0.15, -0.1) is 6.42 Å². The first-order valence-corrected chi connectivity index (χ1v) is 5.01. The maximum absolute atomic E-state index is 5.38. The topological polar surface area (TPSA) is 21.3 Å². The molecule has 0 aromatic heterocycles. The van der Waals surface area contributed by atoms with Crippen molar-refractivity contribution < 1.29 is 4.74 Å². The molecule has 1 unspecified atom stereocenters. The fourth-order valence-corrected chi connectivity index (χ4v) is 1.06. The maximum Gasteiger partial charge on any atom is 0.0687 e. The first-order chi connectivity index (χ1) is 6.20. The molecule has 0 fully saturated rings. The van der Waals surface area contributed by atoms with Crippen LogP contribution in [-0.4, -0.2) is 25.3 Å². The molecule has 0 heterocycles. The van der Waals surface area contributed by atoms with E-state index in [1.807, 2.05) is 13.8 Å². The Labute approximate surface area is 82.1 Å². The highest BCUT2D eigenvalue weighted by atomic mass is 16.5. The zero-order valence-electron chi connectivity index (χ0n) is 8.97. The Kier molecular flexibility index (Phi) is 7.77. The lowest BCUT2D eigenvalue weighted by Gasteiger charge is -2.12. The number of nitrogens with one attached hydrogen (secondary N) is 1. The van der Waals surface area contributed by atoms with Crippen LogP contribution in [-0.2, 0) is 4.74 Å². The summed E-state index contributed by atoms with van der Waals surface area (Å²) in [4.78, 5) is 0. The average Bonchev–Trinajstić information content (AvgIpc) is 2.10. The predicted octanol–water partition coefficient (Wildman–Crippen LogP) is 1.80. The van der Waals surface area contributed by atoms with Gasteiger partial charge in [-0.1, -0.05) is 19.3 Å². The normalized spacial score (nSPS) is 12.8. The highest BCUT2D eigenvalue weighted by Gasteiger charge is 2.01. The van der Waals surface area contributed by atoms with Gasteiger partial charge < -0.3 is 10.1 Å². The van der Waals surface area contributed by atoms with E-state index in [-0.39, 0.29) is 6.04 Å². The number of hydrogen-bond donors (Lipinski definition) is 1. The molecule has 0 aromatic carbocycles. The van der Waals surface area contributed by atoms with Crippen LogP contribution in [0.15, 0.2) is 0 Å². The van der Waals surface area contributed by atoms with Crippen molar-refractivity contribution >= 4 is 0 Å². The summed E-state index contributed by atoms with van der Waals surface area (Å²) in [6.07, 6.45) is 7.81. The van der Waals surface area contributed by atoms with Gasteiger partial charge in [0.05, 0.1) is 18.8 Å². The molecule has 0 radical (unpaired) electrons. The molecule has 0 aromatic rings. The van der Waals surface area contributed by atoms with E-state index in [4.69, 9.17) is 11.2 Å². The van der Waals surface area contributed by atoms with Crippen molar-refractivity contribution in [3.63, 3.8) is 0 Å². The molecule has 0 spiro atoms. The molecule has 1 atom stereocenters. The maximum atomic E-state index is 5.38. The molecular weight excluding hydrogens is 162 g/mol. The van der Waals surface area contributed by atoms with Crippen LogP contribution in [0.5, 0.6) is 0 Å². The minimum atomic E-state index is 0.209. The monoisotopic (exact) mass is 183 g/mol. The van der Waals surface area contributed by atoms with Gasteiger partial charge >= 0.3 is 0 Å². The summed E-state index contributed by atoms with van der Waals surface area (Å²) in [7, 11) is 0. The van der Waals surface area contributed by atoms with Crippen LogP contribution < -0.4 is 5.32 Å². The standard InChI is InChI=1S/C11H21NO/c1-5-7-11(6-2)12-8-9-13-10(3)4/h2,10-12H,5,7-9H2,1,3-4H3. The summed E-state index contributed by atoms with van der Waals surface area (Å²) in [6.45, 7) is 7.78. The van der Waals surface area contributed by atoms with Crippen molar-refractivity contribution in [2.24, 2.45) is 0 Å². The third kappa shape index (κ3) is 7.83. The Morgan fingerprint density at radius 2 is 2.15 bits per heavy atom. The fraction of sp³-hybridized carbons (Fsp3) is 0.818. The van der Waals surface area contributed by atoms with E-state index in [9.17, 15) is 0 Å². The van der Waals surface area contributed by atoms with Gasteiger partial charge in [-0.3, -0.25) is 0 Å². The van der Waals surface area contributed by atoms with Crippen LogP contribution in [0.3, 0.4) is 0 Å². The summed E-state index contributed by atoms with van der Waals surface area (Å²) < 4.78 is 5.38. The van der Waals surface area contributed by atoms with E-state index < -0.39 is 0 Å². The van der Waals surface area contributed by atoms with Crippen molar-refractivity contribution in [1.29, 1.82) is 0 Å². The molecule has 0 aliphatic rings. The molecule has 0 aliphatic carbocycles. The van der Waals surface area contributed by atoms with Gasteiger partial charge in [-0.05, 0) is 20.3 Å². The van der Waals surface area contributed by atoms with Gasteiger partial charge in [0, 0.05) is 6.54 Å². The third-order valence-electron chi connectivity index (χ3n) is 1.72. The molecule has 13 heavy (non-hydrogen) atoms. The van der Waals surface area contributed by atoms with E-state index in [1.165, 1.54) is 0 Å². The summed E-state index contributed by atoms with van der Waals surface area (Å²) in [6, 6.07) is 0.209. The molecule has 2 nitrogen and oxygen atoms in total. The second-order valence-corrected chi connectivity index (χ2v) is 3.38. The number of ether oxygens (including phenoxy) is 1.